The van der Waals surface area contributed by atoms with Crippen LogP contribution in [-0.2, 0) is 21.4 Å². The van der Waals surface area contributed by atoms with E-state index in [1.807, 2.05) is 19.0 Å². The first-order chi connectivity index (χ1) is 18.6. The number of carbonyl (C=O) groups excluding carboxylic acids is 4. The first-order valence-corrected chi connectivity index (χ1v) is 12.9. The van der Waals surface area contributed by atoms with Crippen molar-refractivity contribution in [1.29, 1.82) is 0 Å². The maximum absolute atomic E-state index is 14.1. The minimum Gasteiger partial charge on any atom is -0.511 e. The van der Waals surface area contributed by atoms with Gasteiger partial charge in [-0.25, -0.2) is 0 Å². The molecule has 3 aliphatic carbocycles. The number of benzene rings is 1. The zero-order valence-corrected chi connectivity index (χ0v) is 23.0. The molecular weight excluding hydrogens is 520 g/mol. The standard InChI is InChI=1S/C28H32N4O8/c1-27(2,3)16-11-14(17(33)6-7-32(4)5)15-9-12-8-13-10-18(34)21(26(29)38)25(37)28(13,31-40)24(30-39)19(12)23(36)20(15)22(16)35/h11-13,34-35H,6-10H2,1-5H3,(H2,29,38)/t12-,13+,28+/m1/s1. The average Bonchev–Trinajstić information content (AvgIpc) is 2.85. The second kappa shape index (κ2) is 9.84. The maximum Gasteiger partial charge on any atom is 0.255 e. The van der Waals surface area contributed by atoms with Crippen LogP contribution in [0.1, 0.15) is 71.9 Å². The van der Waals surface area contributed by atoms with Gasteiger partial charge in [0.2, 0.25) is 11.3 Å². The number of fused-ring (bicyclic) bond motifs is 3. The van der Waals surface area contributed by atoms with Crippen molar-refractivity contribution in [3.05, 3.63) is 60.7 Å². The summed E-state index contributed by atoms with van der Waals surface area (Å²) < 4.78 is 0. The Morgan fingerprint density at radius 2 is 1.80 bits per heavy atom. The van der Waals surface area contributed by atoms with E-state index < -0.39 is 57.3 Å². The number of allylic oxidation sites excluding steroid dienone is 2. The van der Waals surface area contributed by atoms with E-state index in [4.69, 9.17) is 5.73 Å². The molecule has 4 N–H and O–H groups in total. The van der Waals surface area contributed by atoms with Crippen LogP contribution in [0.15, 0.2) is 39.0 Å². The van der Waals surface area contributed by atoms with E-state index in [-0.39, 0.29) is 53.9 Å². The summed E-state index contributed by atoms with van der Waals surface area (Å²) in [6.45, 7) is 5.86. The molecule has 12 nitrogen and oxygen atoms in total. The molecule has 0 fully saturated rings. The second-order valence-electron chi connectivity index (χ2n) is 12.0. The van der Waals surface area contributed by atoms with Gasteiger partial charge in [-0.2, -0.15) is 0 Å². The number of hydrogen-bond donors (Lipinski definition) is 3. The summed E-state index contributed by atoms with van der Waals surface area (Å²) in [6.07, 6.45) is -0.244. The van der Waals surface area contributed by atoms with Crippen LogP contribution in [0.25, 0.3) is 0 Å². The van der Waals surface area contributed by atoms with Gasteiger partial charge in [0, 0.05) is 42.0 Å². The molecule has 0 spiro atoms. The lowest BCUT2D eigenvalue weighted by Crippen LogP contribution is -2.55. The molecule has 0 aromatic heterocycles. The van der Waals surface area contributed by atoms with Crippen molar-refractivity contribution >= 4 is 23.3 Å². The van der Waals surface area contributed by atoms with E-state index in [0.717, 1.165) is 0 Å². The van der Waals surface area contributed by atoms with Gasteiger partial charge in [0.05, 0.1) is 5.56 Å². The van der Waals surface area contributed by atoms with Gasteiger partial charge in [-0.05, 0) is 60.3 Å². The highest BCUT2D eigenvalue weighted by atomic mass is 16.3. The summed E-state index contributed by atoms with van der Waals surface area (Å²) in [4.78, 5) is 79.5. The van der Waals surface area contributed by atoms with E-state index in [2.05, 4.69) is 10.4 Å². The van der Waals surface area contributed by atoms with Gasteiger partial charge in [0.1, 0.15) is 22.8 Å². The van der Waals surface area contributed by atoms with Crippen LogP contribution in [0.2, 0.25) is 0 Å². The molecule has 4 rings (SSSR count). The minimum atomic E-state index is -2.54. The molecule has 0 heterocycles. The smallest absolute Gasteiger partial charge is 0.255 e. The molecule has 40 heavy (non-hydrogen) atoms. The highest BCUT2D eigenvalue weighted by Gasteiger charge is 2.62. The topological polar surface area (TPSA) is 197 Å². The molecular formula is C28H32N4O8. The summed E-state index contributed by atoms with van der Waals surface area (Å²) in [5, 5.41) is 27.7. The monoisotopic (exact) mass is 552 g/mol. The molecule has 0 bridgehead atoms. The number of hydrogen-bond acceptors (Lipinski definition) is 11. The zero-order chi connectivity index (χ0) is 29.9. The zero-order valence-electron chi connectivity index (χ0n) is 23.0. The molecule has 0 saturated heterocycles. The van der Waals surface area contributed by atoms with Crippen molar-refractivity contribution < 1.29 is 29.4 Å². The number of nitrogens with zero attached hydrogens (tertiary/aromatic N) is 3. The van der Waals surface area contributed by atoms with E-state index in [9.17, 15) is 39.2 Å². The molecule has 3 aliphatic rings. The Labute approximate surface area is 230 Å². The number of amides is 1. The number of aliphatic hydroxyl groups excluding tert-OH is 1. The van der Waals surface area contributed by atoms with Gasteiger partial charge in [-0.3, -0.25) is 19.2 Å². The van der Waals surface area contributed by atoms with Gasteiger partial charge in [0.15, 0.2) is 11.6 Å². The average molecular weight is 553 g/mol. The Bertz CT molecular complexity index is 1450. The number of nitrogens with two attached hydrogens (primary N) is 1. The number of rotatable bonds is 7. The van der Waals surface area contributed by atoms with Crippen LogP contribution >= 0.6 is 0 Å². The summed E-state index contributed by atoms with van der Waals surface area (Å²) in [5.41, 5.74) is 0.882. The number of aliphatic hydroxyl groups is 1. The van der Waals surface area contributed by atoms with Crippen LogP contribution < -0.4 is 5.73 Å². The van der Waals surface area contributed by atoms with Crippen molar-refractivity contribution in [3.63, 3.8) is 0 Å². The normalized spacial score (nSPS) is 24.4. The number of ketones is 3. The Balaban J connectivity index is 2.01. The molecule has 0 radical (unpaired) electrons. The highest BCUT2D eigenvalue weighted by molar-refractivity contribution is 6.25. The van der Waals surface area contributed by atoms with Gasteiger partial charge in [-0.15, -0.1) is 9.81 Å². The predicted molar refractivity (Wildman–Crippen MR) is 144 cm³/mol. The molecule has 0 saturated carbocycles. The molecule has 1 aromatic rings. The van der Waals surface area contributed by atoms with Crippen LogP contribution in [0.5, 0.6) is 5.75 Å². The fraction of sp³-hybridized carbons (Fsp3) is 0.500. The lowest BCUT2D eigenvalue weighted by molar-refractivity contribution is -0.126. The number of phenolic OH excluding ortho intramolecular Hbond substituents is 1. The number of nitroso groups, excluding NO2 is 2. The molecule has 1 aromatic carbocycles. The fourth-order valence-electron chi connectivity index (χ4n) is 6.25. The van der Waals surface area contributed by atoms with E-state index in [1.165, 1.54) is 0 Å². The Morgan fingerprint density at radius 1 is 1.15 bits per heavy atom. The third kappa shape index (κ3) is 4.17. The molecule has 1 amide bonds. The van der Waals surface area contributed by atoms with E-state index in [0.29, 0.717) is 17.7 Å². The first kappa shape index (κ1) is 28.9. The van der Waals surface area contributed by atoms with E-state index in [1.54, 1.807) is 26.8 Å². The summed E-state index contributed by atoms with van der Waals surface area (Å²) in [5.74, 6) is -6.55. The molecule has 0 unspecified atom stereocenters. The van der Waals surface area contributed by atoms with Crippen LogP contribution in [0.3, 0.4) is 0 Å². The van der Waals surface area contributed by atoms with Crippen LogP contribution in [0, 0.1) is 21.6 Å². The van der Waals surface area contributed by atoms with E-state index >= 15 is 0 Å². The van der Waals surface area contributed by atoms with Gasteiger partial charge in [0.25, 0.3) is 5.91 Å². The highest BCUT2D eigenvalue weighted by Crippen LogP contribution is 2.55. The number of carbonyl (C=O) groups is 4. The lowest BCUT2D eigenvalue weighted by Gasteiger charge is -2.44. The van der Waals surface area contributed by atoms with Crippen molar-refractivity contribution in [2.45, 2.75) is 57.4 Å². The van der Waals surface area contributed by atoms with Crippen molar-refractivity contribution in [2.75, 3.05) is 20.6 Å². The summed E-state index contributed by atoms with van der Waals surface area (Å²) in [7, 11) is 3.64. The summed E-state index contributed by atoms with van der Waals surface area (Å²) in [6, 6.07) is 1.60. The minimum absolute atomic E-state index is 0.0310. The number of aromatic hydroxyl groups is 1. The van der Waals surface area contributed by atoms with Gasteiger partial charge < -0.3 is 20.8 Å². The van der Waals surface area contributed by atoms with Gasteiger partial charge >= 0.3 is 0 Å². The second-order valence-corrected chi connectivity index (χ2v) is 12.0. The van der Waals surface area contributed by atoms with Crippen molar-refractivity contribution in [3.8, 4) is 5.75 Å². The van der Waals surface area contributed by atoms with Crippen molar-refractivity contribution in [2.24, 2.45) is 27.9 Å². The fourth-order valence-corrected chi connectivity index (χ4v) is 6.25. The number of phenols is 1. The van der Waals surface area contributed by atoms with Gasteiger partial charge in [-0.1, -0.05) is 20.8 Å². The van der Waals surface area contributed by atoms with Crippen LogP contribution in [-0.4, -0.2) is 64.5 Å². The predicted octanol–water partition coefficient (Wildman–Crippen LogP) is 2.99. The number of primary amides is 1. The Morgan fingerprint density at radius 3 is 2.33 bits per heavy atom. The Hall–Kier alpha value is -4.06. The quantitative estimate of drug-likeness (QED) is 0.259. The third-order valence-electron chi connectivity index (χ3n) is 8.19. The first-order valence-electron chi connectivity index (χ1n) is 12.9. The van der Waals surface area contributed by atoms with Crippen LogP contribution in [0.4, 0.5) is 0 Å². The lowest BCUT2D eigenvalue weighted by atomic mass is 9.58. The maximum atomic E-state index is 14.1. The largest absolute Gasteiger partial charge is 0.511 e. The number of Topliss-reactive ketones (excluding diaryl/α,β-unsaturated/α-hetero) is 3. The molecule has 3 atom stereocenters. The third-order valence-corrected chi connectivity index (χ3v) is 8.19. The summed E-state index contributed by atoms with van der Waals surface area (Å²) >= 11 is 0. The van der Waals surface area contributed by atoms with Crippen molar-refractivity contribution in [1.82, 2.24) is 4.90 Å². The molecule has 212 valence electrons. The SMILES string of the molecule is CN(C)CCC(=O)c1cc(C(C)(C)C)c(O)c2c1C[C@H]1C[C@H]3CC(O)=C(C(N)=O)C(=O)[C@@]3(N=O)C(N=O)=C1C2=O. The Kier molecular flexibility index (Phi) is 7.12. The molecule has 0 aliphatic heterocycles. The molecule has 12 heteroatoms.